The summed E-state index contributed by atoms with van der Waals surface area (Å²) in [5.41, 5.74) is 2.50. The number of fused-ring (bicyclic) bond motifs is 2. The number of carbonyl (C=O) groups excluding carboxylic acids is 1. The molecule has 3 aromatic rings. The number of hydrazine groups is 1. The maximum Gasteiger partial charge on any atom is 0.343 e. The zero-order valence-electron chi connectivity index (χ0n) is 16.6. The fourth-order valence-electron chi connectivity index (χ4n) is 4.31. The number of carbonyl (C=O) groups is 1. The molecule has 2 N–H and O–H groups in total. The SMILES string of the molecule is CCN1C(=O)N(C)c2cnc(Nc3cccc4cn[nH]c34)nc2N1C1CCCC1. The first-order chi connectivity index (χ1) is 14.2. The summed E-state index contributed by atoms with van der Waals surface area (Å²) >= 11 is 0. The molecule has 1 aliphatic heterocycles. The molecule has 2 aromatic heterocycles. The molecule has 5 rings (SSSR count). The average Bonchev–Trinajstić information content (AvgIpc) is 3.42. The van der Waals surface area contributed by atoms with E-state index in [4.69, 9.17) is 4.98 Å². The Hall–Kier alpha value is -3.36. The second kappa shape index (κ2) is 6.91. The molecule has 9 heteroatoms. The number of anilines is 4. The van der Waals surface area contributed by atoms with Crippen LogP contribution in [0.5, 0.6) is 0 Å². The number of aromatic nitrogens is 4. The summed E-state index contributed by atoms with van der Waals surface area (Å²) in [6.07, 6.45) is 7.99. The van der Waals surface area contributed by atoms with Crippen molar-refractivity contribution in [2.75, 3.05) is 28.8 Å². The lowest BCUT2D eigenvalue weighted by molar-refractivity contribution is 0.191. The van der Waals surface area contributed by atoms with Gasteiger partial charge in [-0.1, -0.05) is 25.0 Å². The number of benzene rings is 1. The molecule has 0 unspecified atom stereocenters. The van der Waals surface area contributed by atoms with E-state index in [2.05, 4.69) is 25.5 Å². The predicted octanol–water partition coefficient (Wildman–Crippen LogP) is 3.65. The monoisotopic (exact) mass is 392 g/mol. The third kappa shape index (κ3) is 2.84. The Kier molecular flexibility index (Phi) is 4.22. The first-order valence-electron chi connectivity index (χ1n) is 10.1. The highest BCUT2D eigenvalue weighted by molar-refractivity contribution is 5.99. The lowest BCUT2D eigenvalue weighted by Gasteiger charge is -2.45. The Morgan fingerprint density at radius 2 is 2.07 bits per heavy atom. The van der Waals surface area contributed by atoms with Gasteiger partial charge in [-0.15, -0.1) is 0 Å². The Labute approximate surface area is 168 Å². The van der Waals surface area contributed by atoms with Crippen LogP contribution in [0.15, 0.2) is 30.6 Å². The van der Waals surface area contributed by atoms with Gasteiger partial charge in [0.05, 0.1) is 29.6 Å². The first-order valence-corrected chi connectivity index (χ1v) is 10.1. The normalized spacial score (nSPS) is 17.3. The van der Waals surface area contributed by atoms with Crippen LogP contribution in [0.3, 0.4) is 0 Å². The van der Waals surface area contributed by atoms with Gasteiger partial charge in [0.1, 0.15) is 5.69 Å². The Morgan fingerprint density at radius 1 is 1.24 bits per heavy atom. The second-order valence-electron chi connectivity index (χ2n) is 7.51. The summed E-state index contributed by atoms with van der Waals surface area (Å²) in [4.78, 5) is 23.9. The summed E-state index contributed by atoms with van der Waals surface area (Å²) in [7, 11) is 1.78. The molecular weight excluding hydrogens is 368 g/mol. The van der Waals surface area contributed by atoms with E-state index >= 15 is 0 Å². The number of rotatable bonds is 4. The van der Waals surface area contributed by atoms with Gasteiger partial charge in [-0.2, -0.15) is 10.1 Å². The largest absolute Gasteiger partial charge is 0.343 e. The van der Waals surface area contributed by atoms with Crippen LogP contribution in [-0.2, 0) is 0 Å². The zero-order valence-corrected chi connectivity index (χ0v) is 16.6. The predicted molar refractivity (Wildman–Crippen MR) is 112 cm³/mol. The van der Waals surface area contributed by atoms with E-state index < -0.39 is 0 Å². The van der Waals surface area contributed by atoms with Crippen LogP contribution in [0, 0.1) is 0 Å². The van der Waals surface area contributed by atoms with Gasteiger partial charge >= 0.3 is 6.03 Å². The molecule has 2 amide bonds. The van der Waals surface area contributed by atoms with Crippen LogP contribution in [0.4, 0.5) is 27.9 Å². The van der Waals surface area contributed by atoms with Gasteiger partial charge in [-0.3, -0.25) is 15.0 Å². The molecule has 3 heterocycles. The molecule has 0 saturated heterocycles. The van der Waals surface area contributed by atoms with Crippen molar-refractivity contribution in [1.29, 1.82) is 0 Å². The molecule has 9 nitrogen and oxygen atoms in total. The maximum absolute atomic E-state index is 12.9. The van der Waals surface area contributed by atoms with Gasteiger partial charge in [0.2, 0.25) is 5.95 Å². The number of urea groups is 1. The van der Waals surface area contributed by atoms with E-state index in [1.807, 2.05) is 25.1 Å². The summed E-state index contributed by atoms with van der Waals surface area (Å²) in [5.74, 6) is 1.27. The third-order valence-electron chi connectivity index (χ3n) is 5.79. The van der Waals surface area contributed by atoms with Crippen LogP contribution in [-0.4, -0.2) is 50.8 Å². The van der Waals surface area contributed by atoms with E-state index in [0.717, 1.165) is 40.9 Å². The van der Waals surface area contributed by atoms with Gasteiger partial charge in [-0.05, 0) is 25.8 Å². The molecule has 0 bridgehead atoms. The van der Waals surface area contributed by atoms with Crippen molar-refractivity contribution >= 4 is 40.1 Å². The Bertz CT molecular complexity index is 1060. The van der Waals surface area contributed by atoms with Crippen LogP contribution >= 0.6 is 0 Å². The zero-order chi connectivity index (χ0) is 20.0. The van der Waals surface area contributed by atoms with Gasteiger partial charge in [0.15, 0.2) is 5.82 Å². The molecule has 2 aliphatic rings. The molecule has 1 aliphatic carbocycles. The van der Waals surface area contributed by atoms with Crippen molar-refractivity contribution in [2.24, 2.45) is 0 Å². The highest BCUT2D eigenvalue weighted by atomic mass is 16.2. The number of hydrogen-bond donors (Lipinski definition) is 2. The number of hydrogen-bond acceptors (Lipinski definition) is 6. The summed E-state index contributed by atoms with van der Waals surface area (Å²) < 4.78 is 0. The van der Waals surface area contributed by atoms with E-state index in [9.17, 15) is 4.79 Å². The number of H-pyrrole nitrogens is 1. The molecule has 29 heavy (non-hydrogen) atoms. The summed E-state index contributed by atoms with van der Waals surface area (Å²) in [6.45, 7) is 2.59. The minimum absolute atomic E-state index is 0.0431. The van der Waals surface area contributed by atoms with E-state index in [0.29, 0.717) is 12.5 Å². The molecule has 1 saturated carbocycles. The number of amides is 2. The smallest absolute Gasteiger partial charge is 0.322 e. The minimum Gasteiger partial charge on any atom is -0.322 e. The number of para-hydroxylation sites is 1. The van der Waals surface area contributed by atoms with Crippen LogP contribution in [0.1, 0.15) is 32.6 Å². The number of aromatic amines is 1. The maximum atomic E-state index is 12.9. The van der Waals surface area contributed by atoms with Crippen molar-refractivity contribution in [3.8, 4) is 0 Å². The van der Waals surface area contributed by atoms with Crippen LogP contribution in [0.25, 0.3) is 10.9 Å². The fourth-order valence-corrected chi connectivity index (χ4v) is 4.31. The molecule has 1 aromatic carbocycles. The highest BCUT2D eigenvalue weighted by Gasteiger charge is 2.39. The van der Waals surface area contributed by atoms with Crippen molar-refractivity contribution in [3.63, 3.8) is 0 Å². The van der Waals surface area contributed by atoms with Crippen LogP contribution in [0.2, 0.25) is 0 Å². The standard InChI is InChI=1S/C20H24N8O/c1-3-27-20(29)26(2)16-12-21-19(24-18(16)28(27)14-8-4-5-9-14)23-15-10-6-7-13-11-22-25-17(13)15/h6-7,10-12,14H,3-5,8-9H2,1-2H3,(H,22,25)(H,21,23,24). The van der Waals surface area contributed by atoms with E-state index in [1.165, 1.54) is 12.8 Å². The van der Waals surface area contributed by atoms with Gasteiger partial charge in [-0.25, -0.2) is 14.8 Å². The van der Waals surface area contributed by atoms with Crippen LogP contribution < -0.4 is 15.2 Å². The summed E-state index contributed by atoms with van der Waals surface area (Å²) in [6, 6.07) is 6.17. The first kappa shape index (κ1) is 17.7. The highest BCUT2D eigenvalue weighted by Crippen LogP contribution is 2.39. The van der Waals surface area contributed by atoms with Crippen molar-refractivity contribution in [1.82, 2.24) is 25.2 Å². The Morgan fingerprint density at radius 3 is 2.86 bits per heavy atom. The van der Waals surface area contributed by atoms with Gasteiger partial charge in [0, 0.05) is 19.0 Å². The molecule has 0 spiro atoms. The van der Waals surface area contributed by atoms with Crippen molar-refractivity contribution in [2.45, 2.75) is 38.6 Å². The van der Waals surface area contributed by atoms with Gasteiger partial charge < -0.3 is 5.32 Å². The van der Waals surface area contributed by atoms with E-state index in [1.54, 1.807) is 29.4 Å². The molecule has 150 valence electrons. The molecule has 1 fully saturated rings. The minimum atomic E-state index is -0.0431. The second-order valence-corrected chi connectivity index (χ2v) is 7.51. The fraction of sp³-hybridized carbons (Fsp3) is 0.400. The number of nitrogens with one attached hydrogen (secondary N) is 2. The average molecular weight is 392 g/mol. The lowest BCUT2D eigenvalue weighted by atomic mass is 10.2. The lowest BCUT2D eigenvalue weighted by Crippen LogP contribution is -2.59. The summed E-state index contributed by atoms with van der Waals surface area (Å²) in [5, 5.41) is 15.3. The van der Waals surface area contributed by atoms with Gasteiger partial charge in [0.25, 0.3) is 0 Å². The number of nitrogens with zero attached hydrogens (tertiary/aromatic N) is 6. The van der Waals surface area contributed by atoms with Crippen molar-refractivity contribution < 1.29 is 4.79 Å². The topological polar surface area (TPSA) is 93.3 Å². The van der Waals surface area contributed by atoms with Crippen molar-refractivity contribution in [3.05, 3.63) is 30.6 Å². The quantitative estimate of drug-likeness (QED) is 0.704. The molecule has 0 radical (unpaired) electrons. The molecule has 0 atom stereocenters. The van der Waals surface area contributed by atoms with E-state index in [-0.39, 0.29) is 12.1 Å². The Balaban J connectivity index is 1.57. The third-order valence-corrected chi connectivity index (χ3v) is 5.79. The molecular formula is C20H24N8O.